The molecule has 0 saturated heterocycles. The molecule has 2 amide bonds. The molecule has 4 nitrogen and oxygen atoms in total. The zero-order valence-electron chi connectivity index (χ0n) is 3.50. The summed E-state index contributed by atoms with van der Waals surface area (Å²) >= 11 is 0. The molecule has 2 N–H and O–H groups in total. The second-order valence-corrected chi connectivity index (χ2v) is 0.752. The molecular formula is C3H4N2O2. The van der Waals surface area contributed by atoms with Crippen molar-refractivity contribution in [3.05, 3.63) is 0 Å². The Morgan fingerprint density at radius 2 is 2.29 bits per heavy atom. The molecule has 0 fully saturated rings. The topological polar surface area (TPSA) is 72.5 Å². The second kappa shape index (κ2) is 3.02. The molecule has 0 heterocycles. The standard InChI is InChI=1S/C3H4N2O2/c4-3(7)5-1-2-6/h1-2H,(H2,4,7)/b5-1+. The van der Waals surface area contributed by atoms with Gasteiger partial charge in [0, 0.05) is 0 Å². The van der Waals surface area contributed by atoms with E-state index >= 15 is 0 Å². The number of amides is 2. The van der Waals surface area contributed by atoms with Crippen molar-refractivity contribution >= 4 is 18.5 Å². The van der Waals surface area contributed by atoms with Crippen LogP contribution in [0.1, 0.15) is 0 Å². The van der Waals surface area contributed by atoms with Crippen LogP contribution in [-0.4, -0.2) is 18.5 Å². The first-order valence-corrected chi connectivity index (χ1v) is 1.54. The Bertz CT molecular complexity index is 108. The predicted octanol–water partition coefficient (Wildman–Crippen LogP) is -0.665. The summed E-state index contributed by atoms with van der Waals surface area (Å²) in [5.41, 5.74) is 4.48. The fraction of sp³-hybridized carbons (Fsp3) is 0. The number of aldehydes is 1. The molecule has 0 atom stereocenters. The van der Waals surface area contributed by atoms with Crippen molar-refractivity contribution in [3.8, 4) is 0 Å². The van der Waals surface area contributed by atoms with Gasteiger partial charge in [0.1, 0.15) is 0 Å². The number of hydrogen-bond acceptors (Lipinski definition) is 2. The fourth-order valence-corrected chi connectivity index (χ4v) is 0.104. The summed E-state index contributed by atoms with van der Waals surface area (Å²) in [6, 6.07) is -0.855. The third-order valence-corrected chi connectivity index (χ3v) is 0.263. The highest BCUT2D eigenvalue weighted by atomic mass is 16.2. The Hall–Kier alpha value is -1.19. The molecule has 7 heavy (non-hydrogen) atoms. The first kappa shape index (κ1) is 5.81. The maximum atomic E-state index is 9.62. The normalized spacial score (nSPS) is 9.14. The molecule has 38 valence electrons. The maximum Gasteiger partial charge on any atom is 0.338 e. The zero-order valence-corrected chi connectivity index (χ0v) is 3.50. The number of rotatable bonds is 1. The molecule has 0 aliphatic rings. The van der Waals surface area contributed by atoms with Gasteiger partial charge in [-0.3, -0.25) is 4.79 Å². The van der Waals surface area contributed by atoms with Crippen LogP contribution in [0.4, 0.5) is 4.79 Å². The Balaban J connectivity index is 3.46. The minimum absolute atomic E-state index is 0.380. The van der Waals surface area contributed by atoms with Gasteiger partial charge in [-0.25, -0.2) is 4.79 Å². The molecule has 0 aromatic heterocycles. The third-order valence-electron chi connectivity index (χ3n) is 0.263. The fourth-order valence-electron chi connectivity index (χ4n) is 0.104. The van der Waals surface area contributed by atoms with Crippen molar-refractivity contribution in [2.45, 2.75) is 0 Å². The van der Waals surface area contributed by atoms with Gasteiger partial charge in [-0.2, -0.15) is 4.99 Å². The van der Waals surface area contributed by atoms with Crippen LogP contribution in [0.25, 0.3) is 0 Å². The summed E-state index contributed by atoms with van der Waals surface area (Å²) < 4.78 is 0. The summed E-state index contributed by atoms with van der Waals surface area (Å²) in [4.78, 5) is 21.9. The number of carbonyl (C=O) groups is 2. The van der Waals surface area contributed by atoms with E-state index in [1.54, 1.807) is 0 Å². The van der Waals surface area contributed by atoms with E-state index in [1.165, 1.54) is 0 Å². The average Bonchev–Trinajstić information content (AvgIpc) is 1.61. The van der Waals surface area contributed by atoms with E-state index < -0.39 is 6.03 Å². The van der Waals surface area contributed by atoms with Gasteiger partial charge < -0.3 is 5.73 Å². The Kier molecular flexibility index (Phi) is 2.50. The van der Waals surface area contributed by atoms with Crippen molar-refractivity contribution in [1.82, 2.24) is 0 Å². The van der Waals surface area contributed by atoms with E-state index in [0.717, 1.165) is 6.21 Å². The summed E-state index contributed by atoms with van der Waals surface area (Å²) in [6.07, 6.45) is 1.17. The number of nitrogens with zero attached hydrogens (tertiary/aromatic N) is 1. The SMILES string of the molecule is NC(=O)/N=C/C=O. The molecule has 0 rings (SSSR count). The van der Waals surface area contributed by atoms with Crippen LogP contribution < -0.4 is 5.73 Å². The van der Waals surface area contributed by atoms with E-state index in [2.05, 4.69) is 10.7 Å². The highest BCUT2D eigenvalue weighted by molar-refractivity contribution is 6.15. The predicted molar refractivity (Wildman–Crippen MR) is 24.1 cm³/mol. The summed E-state index contributed by atoms with van der Waals surface area (Å²) in [7, 11) is 0. The van der Waals surface area contributed by atoms with Crippen molar-refractivity contribution in [1.29, 1.82) is 0 Å². The van der Waals surface area contributed by atoms with Crippen molar-refractivity contribution < 1.29 is 9.59 Å². The van der Waals surface area contributed by atoms with Gasteiger partial charge in [-0.15, -0.1) is 0 Å². The quantitative estimate of drug-likeness (QED) is 0.350. The Morgan fingerprint density at radius 1 is 1.71 bits per heavy atom. The summed E-state index contributed by atoms with van der Waals surface area (Å²) in [5.74, 6) is 0. The number of aliphatic imine (C=N–C) groups is 1. The molecule has 0 aliphatic carbocycles. The van der Waals surface area contributed by atoms with E-state index in [1.807, 2.05) is 0 Å². The zero-order chi connectivity index (χ0) is 5.70. The van der Waals surface area contributed by atoms with Crippen molar-refractivity contribution in [2.75, 3.05) is 0 Å². The molecule has 0 bridgehead atoms. The van der Waals surface area contributed by atoms with Gasteiger partial charge in [0.25, 0.3) is 0 Å². The molecule has 0 aromatic rings. The number of primary amides is 1. The highest BCUT2D eigenvalue weighted by Gasteiger charge is 1.76. The van der Waals surface area contributed by atoms with Crippen molar-refractivity contribution in [2.24, 2.45) is 10.7 Å². The first-order valence-electron chi connectivity index (χ1n) is 1.54. The van der Waals surface area contributed by atoms with Gasteiger partial charge >= 0.3 is 6.03 Å². The average molecular weight is 100 g/mol. The highest BCUT2D eigenvalue weighted by Crippen LogP contribution is 1.58. The van der Waals surface area contributed by atoms with Crippen LogP contribution in [0.15, 0.2) is 4.99 Å². The lowest BCUT2D eigenvalue weighted by Gasteiger charge is -1.70. The molecule has 4 heteroatoms. The molecular weight excluding hydrogens is 96.0 g/mol. The molecule has 0 aliphatic heterocycles. The number of carbonyl (C=O) groups excluding carboxylic acids is 2. The van der Waals surface area contributed by atoms with Crippen LogP contribution in [0.5, 0.6) is 0 Å². The Morgan fingerprint density at radius 3 is 2.43 bits per heavy atom. The van der Waals surface area contributed by atoms with Gasteiger partial charge in [0.05, 0.1) is 6.21 Å². The number of nitrogens with two attached hydrogens (primary N) is 1. The van der Waals surface area contributed by atoms with Crippen molar-refractivity contribution in [3.63, 3.8) is 0 Å². The minimum Gasteiger partial charge on any atom is -0.350 e. The second-order valence-electron chi connectivity index (χ2n) is 0.752. The van der Waals surface area contributed by atoms with E-state index in [4.69, 9.17) is 0 Å². The molecule has 0 unspecified atom stereocenters. The van der Waals surface area contributed by atoms with Crippen LogP contribution in [0, 0.1) is 0 Å². The minimum atomic E-state index is -0.855. The van der Waals surface area contributed by atoms with E-state index in [-0.39, 0.29) is 0 Å². The van der Waals surface area contributed by atoms with E-state index in [9.17, 15) is 9.59 Å². The molecule has 0 saturated carbocycles. The lowest BCUT2D eigenvalue weighted by Crippen LogP contribution is -2.03. The van der Waals surface area contributed by atoms with Crippen LogP contribution in [-0.2, 0) is 4.79 Å². The smallest absolute Gasteiger partial charge is 0.338 e. The molecule has 0 spiro atoms. The first-order chi connectivity index (χ1) is 3.27. The largest absolute Gasteiger partial charge is 0.350 e. The summed E-state index contributed by atoms with van der Waals surface area (Å²) in [6.45, 7) is 0. The molecule has 0 radical (unpaired) electrons. The summed E-state index contributed by atoms with van der Waals surface area (Å²) in [5, 5.41) is 0. The van der Waals surface area contributed by atoms with Gasteiger partial charge in [0.15, 0.2) is 6.29 Å². The van der Waals surface area contributed by atoms with Crippen LogP contribution >= 0.6 is 0 Å². The number of hydrogen-bond donors (Lipinski definition) is 1. The molecule has 0 aromatic carbocycles. The van der Waals surface area contributed by atoms with E-state index in [0.29, 0.717) is 6.29 Å². The Labute approximate surface area is 40.0 Å². The number of urea groups is 1. The van der Waals surface area contributed by atoms with Crippen LogP contribution in [0.2, 0.25) is 0 Å². The lowest BCUT2D eigenvalue weighted by atomic mass is 10.8. The monoisotopic (exact) mass is 100 g/mol. The van der Waals surface area contributed by atoms with Gasteiger partial charge in [0.2, 0.25) is 0 Å². The maximum absolute atomic E-state index is 9.62. The van der Waals surface area contributed by atoms with Crippen LogP contribution in [0.3, 0.4) is 0 Å². The third kappa shape index (κ3) is 4.81. The lowest BCUT2D eigenvalue weighted by molar-refractivity contribution is -0.102. The van der Waals surface area contributed by atoms with Gasteiger partial charge in [-0.1, -0.05) is 0 Å². The van der Waals surface area contributed by atoms with Gasteiger partial charge in [-0.05, 0) is 0 Å².